The normalized spacial score (nSPS) is 11.8. The molecule has 92 valence electrons. The highest BCUT2D eigenvalue weighted by Crippen LogP contribution is 2.16. The van der Waals surface area contributed by atoms with Crippen molar-refractivity contribution in [1.82, 2.24) is 5.32 Å². The number of nitrogens with one attached hydrogen (secondary N) is 1. The van der Waals surface area contributed by atoms with E-state index in [0.717, 1.165) is 0 Å². The van der Waals surface area contributed by atoms with Gasteiger partial charge in [0.2, 0.25) is 5.91 Å². The molecule has 0 bridgehead atoms. The molecule has 0 fully saturated rings. The van der Waals surface area contributed by atoms with E-state index in [1.54, 1.807) is 12.1 Å². The van der Waals surface area contributed by atoms with E-state index in [9.17, 15) is 9.18 Å². The van der Waals surface area contributed by atoms with Gasteiger partial charge in [0, 0.05) is 11.6 Å². The second kappa shape index (κ2) is 5.32. The molecule has 0 aliphatic carbocycles. The molecule has 0 radical (unpaired) electrons. The number of carbonyl (C=O) groups excluding carboxylic acids is 1. The van der Waals surface area contributed by atoms with Gasteiger partial charge in [-0.05, 0) is 44.5 Å². The summed E-state index contributed by atoms with van der Waals surface area (Å²) in [5.74, 6) is -0.666. The van der Waals surface area contributed by atoms with Crippen molar-refractivity contribution in [3.05, 3.63) is 40.7 Å². The average molecular weight is 256 g/mol. The molecule has 0 saturated heterocycles. The van der Waals surface area contributed by atoms with Crippen molar-refractivity contribution in [2.75, 3.05) is 0 Å². The van der Waals surface area contributed by atoms with Crippen LogP contribution in [-0.2, 0) is 4.79 Å². The number of carbonyl (C=O) groups is 1. The van der Waals surface area contributed by atoms with E-state index >= 15 is 0 Å². The highest BCUT2D eigenvalue weighted by molar-refractivity contribution is 6.30. The van der Waals surface area contributed by atoms with Crippen LogP contribution in [0.1, 0.15) is 26.3 Å². The molecule has 0 saturated carbocycles. The van der Waals surface area contributed by atoms with E-state index in [2.05, 4.69) is 5.32 Å². The fourth-order valence-electron chi connectivity index (χ4n) is 1.20. The van der Waals surface area contributed by atoms with Crippen LogP contribution in [0.5, 0.6) is 0 Å². The molecular formula is C13H15ClFNO. The number of hydrogen-bond donors (Lipinski definition) is 1. The fraction of sp³-hybridized carbons (Fsp3) is 0.308. The maximum atomic E-state index is 12.9. The predicted molar refractivity (Wildman–Crippen MR) is 68.3 cm³/mol. The van der Waals surface area contributed by atoms with Gasteiger partial charge in [-0.15, -0.1) is 0 Å². The Morgan fingerprint density at radius 3 is 2.59 bits per heavy atom. The molecule has 1 amide bonds. The summed E-state index contributed by atoms with van der Waals surface area (Å²) in [6.07, 6.45) is 2.99. The first-order valence-electron chi connectivity index (χ1n) is 5.23. The Morgan fingerprint density at radius 1 is 1.41 bits per heavy atom. The van der Waals surface area contributed by atoms with E-state index in [0.29, 0.717) is 5.56 Å². The minimum Gasteiger partial charge on any atom is -0.348 e. The Hall–Kier alpha value is -1.35. The zero-order valence-electron chi connectivity index (χ0n) is 10.1. The third kappa shape index (κ3) is 5.00. The summed E-state index contributed by atoms with van der Waals surface area (Å²) in [5, 5.41) is 2.83. The van der Waals surface area contributed by atoms with Crippen molar-refractivity contribution in [2.45, 2.75) is 26.3 Å². The van der Waals surface area contributed by atoms with Crippen LogP contribution in [-0.4, -0.2) is 11.4 Å². The smallest absolute Gasteiger partial charge is 0.244 e. The van der Waals surface area contributed by atoms with Crippen LogP contribution in [0.2, 0.25) is 5.02 Å². The molecule has 0 unspecified atom stereocenters. The molecule has 2 nitrogen and oxygen atoms in total. The molecule has 17 heavy (non-hydrogen) atoms. The van der Waals surface area contributed by atoms with Gasteiger partial charge in [0.15, 0.2) is 0 Å². The maximum Gasteiger partial charge on any atom is 0.244 e. The zero-order chi connectivity index (χ0) is 13.1. The lowest BCUT2D eigenvalue weighted by molar-refractivity contribution is -0.117. The van der Waals surface area contributed by atoms with Crippen molar-refractivity contribution >= 4 is 23.6 Å². The first-order chi connectivity index (χ1) is 7.78. The molecular weight excluding hydrogens is 241 g/mol. The van der Waals surface area contributed by atoms with E-state index in [-0.39, 0.29) is 16.5 Å². The first kappa shape index (κ1) is 13.7. The van der Waals surface area contributed by atoms with Crippen LogP contribution in [0.15, 0.2) is 24.3 Å². The highest BCUT2D eigenvalue weighted by atomic mass is 35.5. The highest BCUT2D eigenvalue weighted by Gasteiger charge is 2.11. The summed E-state index contributed by atoms with van der Waals surface area (Å²) in [5.41, 5.74) is 0.405. The van der Waals surface area contributed by atoms with Crippen molar-refractivity contribution in [3.63, 3.8) is 0 Å². The number of benzene rings is 1. The Morgan fingerprint density at radius 2 is 2.06 bits per heavy atom. The summed E-state index contributed by atoms with van der Waals surface area (Å²) in [6.45, 7) is 5.69. The predicted octanol–water partition coefficient (Wildman–Crippen LogP) is 3.41. The zero-order valence-corrected chi connectivity index (χ0v) is 10.8. The first-order valence-corrected chi connectivity index (χ1v) is 5.61. The Balaban J connectivity index is 2.71. The van der Waals surface area contributed by atoms with Gasteiger partial charge in [0.05, 0.1) is 5.02 Å². The monoisotopic (exact) mass is 255 g/mol. The summed E-state index contributed by atoms with van der Waals surface area (Å²) < 4.78 is 12.9. The molecule has 1 rings (SSSR count). The third-order valence-corrected chi connectivity index (χ3v) is 2.16. The van der Waals surface area contributed by atoms with E-state index < -0.39 is 5.82 Å². The van der Waals surface area contributed by atoms with Crippen molar-refractivity contribution < 1.29 is 9.18 Å². The molecule has 4 heteroatoms. The van der Waals surface area contributed by atoms with Crippen molar-refractivity contribution in [3.8, 4) is 0 Å². The molecule has 0 heterocycles. The Kier molecular flexibility index (Phi) is 4.29. The summed E-state index contributed by atoms with van der Waals surface area (Å²) in [7, 11) is 0. The van der Waals surface area contributed by atoms with Crippen LogP contribution >= 0.6 is 11.6 Å². The largest absolute Gasteiger partial charge is 0.348 e. The van der Waals surface area contributed by atoms with Crippen LogP contribution in [0.3, 0.4) is 0 Å². The van der Waals surface area contributed by atoms with Gasteiger partial charge in [0.1, 0.15) is 5.82 Å². The SMILES string of the molecule is CC(C)(C)NC(=O)/C=C/c1ccc(F)c(Cl)c1. The van der Waals surface area contributed by atoms with E-state index in [1.165, 1.54) is 18.2 Å². The minimum absolute atomic E-state index is 0.0448. The molecule has 0 spiro atoms. The number of halogens is 2. The second-order valence-electron chi connectivity index (χ2n) is 4.75. The summed E-state index contributed by atoms with van der Waals surface area (Å²) in [6, 6.07) is 4.30. The maximum absolute atomic E-state index is 12.9. The van der Waals surface area contributed by atoms with Crippen LogP contribution in [0.25, 0.3) is 6.08 Å². The van der Waals surface area contributed by atoms with Gasteiger partial charge in [-0.1, -0.05) is 17.7 Å². The molecule has 0 aliphatic rings. The minimum atomic E-state index is -0.469. The van der Waals surface area contributed by atoms with Gasteiger partial charge in [-0.2, -0.15) is 0 Å². The summed E-state index contributed by atoms with van der Waals surface area (Å²) >= 11 is 5.63. The Labute approximate surface area is 105 Å². The standard InChI is InChI=1S/C13H15ClFNO/c1-13(2,3)16-12(17)7-5-9-4-6-11(15)10(14)8-9/h4-8H,1-3H3,(H,16,17)/b7-5+. The van der Waals surface area contributed by atoms with Gasteiger partial charge in [-0.25, -0.2) is 4.39 Å². The van der Waals surface area contributed by atoms with Crippen molar-refractivity contribution in [1.29, 1.82) is 0 Å². The fourth-order valence-corrected chi connectivity index (χ4v) is 1.39. The number of rotatable bonds is 2. The van der Waals surface area contributed by atoms with Crippen LogP contribution in [0.4, 0.5) is 4.39 Å². The lowest BCUT2D eigenvalue weighted by Crippen LogP contribution is -2.39. The number of amides is 1. The van der Waals surface area contributed by atoms with E-state index in [1.807, 2.05) is 20.8 Å². The number of hydrogen-bond acceptors (Lipinski definition) is 1. The summed E-state index contributed by atoms with van der Waals surface area (Å²) in [4.78, 5) is 11.5. The van der Waals surface area contributed by atoms with Crippen LogP contribution in [0, 0.1) is 5.82 Å². The molecule has 1 aromatic rings. The van der Waals surface area contributed by atoms with Gasteiger partial charge >= 0.3 is 0 Å². The molecule has 0 aliphatic heterocycles. The topological polar surface area (TPSA) is 29.1 Å². The average Bonchev–Trinajstić information content (AvgIpc) is 2.17. The van der Waals surface area contributed by atoms with Crippen LogP contribution < -0.4 is 5.32 Å². The quantitative estimate of drug-likeness (QED) is 0.807. The van der Waals surface area contributed by atoms with Gasteiger partial charge in [-0.3, -0.25) is 4.79 Å². The third-order valence-electron chi connectivity index (χ3n) is 1.87. The van der Waals surface area contributed by atoms with Crippen molar-refractivity contribution in [2.24, 2.45) is 0 Å². The molecule has 0 aromatic heterocycles. The lowest BCUT2D eigenvalue weighted by Gasteiger charge is -2.18. The van der Waals surface area contributed by atoms with Gasteiger partial charge in [0.25, 0.3) is 0 Å². The van der Waals surface area contributed by atoms with Gasteiger partial charge < -0.3 is 5.32 Å². The lowest BCUT2D eigenvalue weighted by atomic mass is 10.1. The second-order valence-corrected chi connectivity index (χ2v) is 5.15. The molecule has 0 atom stereocenters. The van der Waals surface area contributed by atoms with E-state index in [4.69, 9.17) is 11.6 Å². The molecule has 1 aromatic carbocycles. The molecule has 1 N–H and O–H groups in total. The Bertz CT molecular complexity index is 449.